The molecule has 0 atom stereocenters. The summed E-state index contributed by atoms with van der Waals surface area (Å²) in [6.07, 6.45) is 0. The van der Waals surface area contributed by atoms with Gasteiger partial charge in [-0.15, -0.1) is 0 Å². The molecular weight excluding hydrogens is 202 g/mol. The number of ether oxygens (including phenoxy) is 2. The molecule has 0 aliphatic rings. The Morgan fingerprint density at radius 3 is 2.81 bits per heavy atom. The highest BCUT2D eigenvalue weighted by atomic mass is 16.5. The number of aryl methyl sites for hydroxylation is 1. The third-order valence-corrected chi connectivity index (χ3v) is 2.44. The Bertz CT molecular complexity index is 482. The zero-order chi connectivity index (χ0) is 11.4. The average Bonchev–Trinajstić information content (AvgIpc) is 2.30. The Labute approximate surface area is 95.0 Å². The van der Waals surface area contributed by atoms with Crippen molar-refractivity contribution in [3.8, 4) is 5.88 Å². The first kappa shape index (κ1) is 10.9. The molecule has 3 nitrogen and oxygen atoms in total. The highest BCUT2D eigenvalue weighted by Gasteiger charge is 2.02. The van der Waals surface area contributed by atoms with E-state index in [1.165, 1.54) is 10.9 Å². The third-order valence-electron chi connectivity index (χ3n) is 2.44. The molecule has 0 N–H and O–H groups in total. The molecule has 0 bridgehead atoms. The molecule has 0 aliphatic carbocycles. The van der Waals surface area contributed by atoms with Crippen molar-refractivity contribution < 1.29 is 9.47 Å². The second-order valence-electron chi connectivity index (χ2n) is 3.64. The van der Waals surface area contributed by atoms with Gasteiger partial charge in [-0.1, -0.05) is 18.2 Å². The predicted molar refractivity (Wildman–Crippen MR) is 63.9 cm³/mol. The first-order valence-corrected chi connectivity index (χ1v) is 5.29. The van der Waals surface area contributed by atoms with Crippen LogP contribution in [-0.2, 0) is 4.74 Å². The third kappa shape index (κ3) is 2.31. The van der Waals surface area contributed by atoms with Crippen LogP contribution in [0.25, 0.3) is 10.9 Å². The summed E-state index contributed by atoms with van der Waals surface area (Å²) >= 11 is 0. The summed E-state index contributed by atoms with van der Waals surface area (Å²) in [6.45, 7) is 3.17. The van der Waals surface area contributed by atoms with Crippen molar-refractivity contribution >= 4 is 10.9 Å². The topological polar surface area (TPSA) is 31.4 Å². The van der Waals surface area contributed by atoms with Crippen molar-refractivity contribution in [2.45, 2.75) is 6.92 Å². The van der Waals surface area contributed by atoms with Crippen LogP contribution in [0.2, 0.25) is 0 Å². The van der Waals surface area contributed by atoms with Gasteiger partial charge in [0.1, 0.15) is 6.61 Å². The van der Waals surface area contributed by atoms with Crippen LogP contribution in [0.5, 0.6) is 5.88 Å². The molecule has 0 saturated heterocycles. The molecule has 1 aromatic carbocycles. The Morgan fingerprint density at radius 1 is 1.19 bits per heavy atom. The SMILES string of the molecule is COCCOc1cc(C)c2ccccc2n1. The maximum absolute atomic E-state index is 5.50. The number of para-hydroxylation sites is 1. The molecule has 0 saturated carbocycles. The van der Waals surface area contributed by atoms with Crippen LogP contribution in [0.3, 0.4) is 0 Å². The summed E-state index contributed by atoms with van der Waals surface area (Å²) in [7, 11) is 1.66. The van der Waals surface area contributed by atoms with Gasteiger partial charge in [-0.05, 0) is 18.6 Å². The fourth-order valence-corrected chi connectivity index (χ4v) is 1.62. The van der Waals surface area contributed by atoms with Crippen LogP contribution in [0, 0.1) is 6.92 Å². The highest BCUT2D eigenvalue weighted by Crippen LogP contribution is 2.20. The van der Waals surface area contributed by atoms with Gasteiger partial charge >= 0.3 is 0 Å². The molecule has 0 fully saturated rings. The van der Waals surface area contributed by atoms with Gasteiger partial charge in [0.15, 0.2) is 0 Å². The van der Waals surface area contributed by atoms with E-state index >= 15 is 0 Å². The number of rotatable bonds is 4. The van der Waals surface area contributed by atoms with Crippen LogP contribution in [0.4, 0.5) is 0 Å². The molecular formula is C13H15NO2. The molecule has 0 radical (unpaired) electrons. The fraction of sp³-hybridized carbons (Fsp3) is 0.308. The van der Waals surface area contributed by atoms with Gasteiger partial charge in [0, 0.05) is 18.6 Å². The Morgan fingerprint density at radius 2 is 2.00 bits per heavy atom. The van der Waals surface area contributed by atoms with E-state index in [2.05, 4.69) is 18.0 Å². The monoisotopic (exact) mass is 217 g/mol. The summed E-state index contributed by atoms with van der Waals surface area (Å²) < 4.78 is 10.4. The molecule has 1 heterocycles. The number of fused-ring (bicyclic) bond motifs is 1. The number of benzene rings is 1. The Kier molecular flexibility index (Phi) is 3.37. The number of nitrogens with zero attached hydrogens (tertiary/aromatic N) is 1. The van der Waals surface area contributed by atoms with E-state index < -0.39 is 0 Å². The number of methoxy groups -OCH3 is 1. The molecule has 2 aromatic rings. The lowest BCUT2D eigenvalue weighted by Gasteiger charge is -2.07. The van der Waals surface area contributed by atoms with E-state index in [1.807, 2.05) is 24.3 Å². The van der Waals surface area contributed by atoms with Crippen molar-refractivity contribution in [3.63, 3.8) is 0 Å². The maximum Gasteiger partial charge on any atom is 0.214 e. The molecule has 84 valence electrons. The lowest BCUT2D eigenvalue weighted by Crippen LogP contribution is -2.05. The molecule has 1 aromatic heterocycles. The molecule has 0 spiro atoms. The zero-order valence-corrected chi connectivity index (χ0v) is 9.56. The van der Waals surface area contributed by atoms with Crippen molar-refractivity contribution in [1.82, 2.24) is 4.98 Å². The number of pyridine rings is 1. The van der Waals surface area contributed by atoms with E-state index in [1.54, 1.807) is 7.11 Å². The molecule has 16 heavy (non-hydrogen) atoms. The summed E-state index contributed by atoms with van der Waals surface area (Å²) in [4.78, 5) is 4.43. The van der Waals surface area contributed by atoms with E-state index in [0.717, 1.165) is 5.52 Å². The number of hydrogen-bond donors (Lipinski definition) is 0. The van der Waals surface area contributed by atoms with Crippen molar-refractivity contribution in [1.29, 1.82) is 0 Å². The number of hydrogen-bond acceptors (Lipinski definition) is 3. The molecule has 3 heteroatoms. The van der Waals surface area contributed by atoms with Gasteiger partial charge in [-0.25, -0.2) is 4.98 Å². The van der Waals surface area contributed by atoms with E-state index in [-0.39, 0.29) is 0 Å². The maximum atomic E-state index is 5.50. The highest BCUT2D eigenvalue weighted by molar-refractivity contribution is 5.82. The lowest BCUT2D eigenvalue weighted by atomic mass is 10.1. The lowest BCUT2D eigenvalue weighted by molar-refractivity contribution is 0.144. The van der Waals surface area contributed by atoms with Crippen molar-refractivity contribution in [2.75, 3.05) is 20.3 Å². The van der Waals surface area contributed by atoms with E-state index in [0.29, 0.717) is 19.1 Å². The summed E-state index contributed by atoms with van der Waals surface area (Å²) in [6, 6.07) is 10.0. The van der Waals surface area contributed by atoms with Crippen LogP contribution >= 0.6 is 0 Å². The second kappa shape index (κ2) is 4.94. The molecule has 2 rings (SSSR count). The smallest absolute Gasteiger partial charge is 0.214 e. The summed E-state index contributed by atoms with van der Waals surface area (Å²) in [5.41, 5.74) is 2.15. The quantitative estimate of drug-likeness (QED) is 0.737. The van der Waals surface area contributed by atoms with Crippen LogP contribution in [0.15, 0.2) is 30.3 Å². The van der Waals surface area contributed by atoms with Gasteiger partial charge in [0.2, 0.25) is 5.88 Å². The summed E-state index contributed by atoms with van der Waals surface area (Å²) in [5, 5.41) is 1.17. The van der Waals surface area contributed by atoms with Gasteiger partial charge < -0.3 is 9.47 Å². The molecule has 0 unspecified atom stereocenters. The minimum Gasteiger partial charge on any atom is -0.475 e. The standard InChI is InChI=1S/C13H15NO2/c1-10-9-13(16-8-7-15-2)14-12-6-4-3-5-11(10)12/h3-6,9H,7-8H2,1-2H3. The van der Waals surface area contributed by atoms with Gasteiger partial charge in [-0.2, -0.15) is 0 Å². The first-order chi connectivity index (χ1) is 7.81. The molecule has 0 aliphatic heterocycles. The van der Waals surface area contributed by atoms with Crippen LogP contribution in [0.1, 0.15) is 5.56 Å². The fourth-order valence-electron chi connectivity index (χ4n) is 1.62. The van der Waals surface area contributed by atoms with E-state index in [4.69, 9.17) is 9.47 Å². The summed E-state index contributed by atoms with van der Waals surface area (Å²) in [5.74, 6) is 0.660. The zero-order valence-electron chi connectivity index (χ0n) is 9.56. The van der Waals surface area contributed by atoms with Crippen molar-refractivity contribution in [2.24, 2.45) is 0 Å². The van der Waals surface area contributed by atoms with Crippen LogP contribution < -0.4 is 4.74 Å². The average molecular weight is 217 g/mol. The minimum absolute atomic E-state index is 0.529. The van der Waals surface area contributed by atoms with Gasteiger partial charge in [0.05, 0.1) is 12.1 Å². The predicted octanol–water partition coefficient (Wildman–Crippen LogP) is 2.57. The van der Waals surface area contributed by atoms with Crippen molar-refractivity contribution in [3.05, 3.63) is 35.9 Å². The minimum atomic E-state index is 0.529. The largest absolute Gasteiger partial charge is 0.475 e. The molecule has 0 amide bonds. The second-order valence-corrected chi connectivity index (χ2v) is 3.64. The van der Waals surface area contributed by atoms with Gasteiger partial charge in [-0.3, -0.25) is 0 Å². The normalized spacial score (nSPS) is 10.6. The van der Waals surface area contributed by atoms with Crippen LogP contribution in [-0.4, -0.2) is 25.3 Å². The Balaban J connectivity index is 2.27. The Hall–Kier alpha value is -1.61. The van der Waals surface area contributed by atoms with Gasteiger partial charge in [0.25, 0.3) is 0 Å². The first-order valence-electron chi connectivity index (χ1n) is 5.29. The number of aromatic nitrogens is 1. The van der Waals surface area contributed by atoms with E-state index in [9.17, 15) is 0 Å².